The minimum atomic E-state index is -4.04. The Hall–Kier alpha value is -2.30. The average molecular weight is 416 g/mol. The summed E-state index contributed by atoms with van der Waals surface area (Å²) >= 11 is 0. The van der Waals surface area contributed by atoms with E-state index in [9.17, 15) is 13.2 Å². The molecular formula is C20H20N2O6S. The second-order valence-corrected chi connectivity index (χ2v) is 9.27. The molecule has 0 radical (unpaired) electrons. The summed E-state index contributed by atoms with van der Waals surface area (Å²) < 4.78 is 46.4. The van der Waals surface area contributed by atoms with E-state index in [1.165, 1.54) is 4.31 Å². The van der Waals surface area contributed by atoms with Crippen molar-refractivity contribution < 1.29 is 27.4 Å². The van der Waals surface area contributed by atoms with Gasteiger partial charge in [0.1, 0.15) is 6.61 Å². The van der Waals surface area contributed by atoms with Crippen LogP contribution < -0.4 is 5.32 Å². The molecule has 2 aromatic carbocycles. The summed E-state index contributed by atoms with van der Waals surface area (Å²) in [7, 11) is -4.04. The maximum Gasteiger partial charge on any atom is 0.290 e. The molecule has 1 unspecified atom stereocenters. The fourth-order valence-electron chi connectivity index (χ4n) is 4.04. The Morgan fingerprint density at radius 1 is 0.966 bits per heavy atom. The van der Waals surface area contributed by atoms with Gasteiger partial charge in [0, 0.05) is 24.2 Å². The Labute approximate surface area is 168 Å². The Bertz CT molecular complexity index is 1050. The predicted molar refractivity (Wildman–Crippen MR) is 103 cm³/mol. The van der Waals surface area contributed by atoms with Gasteiger partial charge in [0.25, 0.3) is 21.7 Å². The smallest absolute Gasteiger partial charge is 0.290 e. The van der Waals surface area contributed by atoms with Crippen LogP contribution in [0.15, 0.2) is 54.6 Å². The van der Waals surface area contributed by atoms with Crippen LogP contribution in [-0.2, 0) is 39.7 Å². The Kier molecular flexibility index (Phi) is 4.27. The van der Waals surface area contributed by atoms with E-state index in [-0.39, 0.29) is 19.7 Å². The first-order valence-electron chi connectivity index (χ1n) is 9.38. The minimum absolute atomic E-state index is 0.218. The molecule has 0 bridgehead atoms. The molecule has 5 rings (SSSR count). The number of morpholine rings is 1. The summed E-state index contributed by atoms with van der Waals surface area (Å²) in [4.78, 5) is 11.0. The van der Waals surface area contributed by atoms with Gasteiger partial charge in [0.05, 0.1) is 18.9 Å². The van der Waals surface area contributed by atoms with Gasteiger partial charge in [0.15, 0.2) is 0 Å². The van der Waals surface area contributed by atoms with Gasteiger partial charge < -0.3 is 19.5 Å². The highest BCUT2D eigenvalue weighted by Crippen LogP contribution is 2.52. The Balaban J connectivity index is 1.66. The fraction of sp³-hybridized carbons (Fsp3) is 0.350. The first-order valence-corrected chi connectivity index (χ1v) is 10.8. The summed E-state index contributed by atoms with van der Waals surface area (Å²) in [5.41, 5.74) is 1.44. The van der Waals surface area contributed by atoms with Gasteiger partial charge in [-0.15, -0.1) is 0 Å². The zero-order chi connectivity index (χ0) is 20.1. The lowest BCUT2D eigenvalue weighted by atomic mass is 10.1. The maximum atomic E-state index is 13.8. The number of rotatable bonds is 3. The van der Waals surface area contributed by atoms with Crippen molar-refractivity contribution in [3.05, 3.63) is 65.7 Å². The van der Waals surface area contributed by atoms with E-state index in [1.807, 2.05) is 0 Å². The number of benzene rings is 2. The van der Waals surface area contributed by atoms with Crippen molar-refractivity contribution in [1.29, 1.82) is 0 Å². The molecule has 3 heterocycles. The van der Waals surface area contributed by atoms with Crippen LogP contribution in [-0.4, -0.2) is 51.5 Å². The van der Waals surface area contributed by atoms with Crippen LogP contribution in [0.1, 0.15) is 11.1 Å². The van der Waals surface area contributed by atoms with E-state index in [0.717, 1.165) is 0 Å². The van der Waals surface area contributed by atoms with Gasteiger partial charge in [-0.3, -0.25) is 4.79 Å². The molecule has 0 aliphatic carbocycles. The number of anilines is 1. The molecule has 1 N–H and O–H groups in total. The van der Waals surface area contributed by atoms with Gasteiger partial charge in [-0.2, -0.15) is 4.31 Å². The van der Waals surface area contributed by atoms with Crippen molar-refractivity contribution in [2.45, 2.75) is 10.7 Å². The predicted octanol–water partition coefficient (Wildman–Crippen LogP) is 1.35. The number of carbonyl (C=O) groups is 1. The van der Waals surface area contributed by atoms with Gasteiger partial charge in [-0.1, -0.05) is 48.5 Å². The molecule has 1 amide bonds. The highest BCUT2D eigenvalue weighted by atomic mass is 32.2. The Morgan fingerprint density at radius 2 is 1.66 bits per heavy atom. The number of nitrogens with one attached hydrogen (secondary N) is 1. The molecule has 2 fully saturated rings. The van der Waals surface area contributed by atoms with Crippen molar-refractivity contribution in [3.63, 3.8) is 0 Å². The van der Waals surface area contributed by atoms with Crippen LogP contribution in [0, 0.1) is 0 Å². The number of hydrogen-bond acceptors (Lipinski definition) is 6. The topological polar surface area (TPSA) is 94.2 Å². The number of fused-ring (bicyclic) bond motifs is 2. The molecule has 2 atom stereocenters. The molecule has 8 nitrogen and oxygen atoms in total. The number of sulfonamides is 1. The SMILES string of the molecule is O=C1Nc2ccccc2C12OC[C@@](c1ccccc1)(S(=O)(=O)N1CCOCC1)O2. The van der Waals surface area contributed by atoms with Gasteiger partial charge in [-0.05, 0) is 6.07 Å². The molecular weight excluding hydrogens is 396 g/mol. The van der Waals surface area contributed by atoms with Crippen molar-refractivity contribution >= 4 is 21.6 Å². The molecule has 152 valence electrons. The van der Waals surface area contributed by atoms with Gasteiger partial charge >= 0.3 is 0 Å². The van der Waals surface area contributed by atoms with Crippen molar-refractivity contribution in [3.8, 4) is 0 Å². The lowest BCUT2D eigenvalue weighted by Gasteiger charge is -2.36. The number of amides is 1. The first kappa shape index (κ1) is 18.7. The van der Waals surface area contributed by atoms with E-state index in [4.69, 9.17) is 14.2 Å². The summed E-state index contributed by atoms with van der Waals surface area (Å²) in [6.07, 6.45) is 0. The van der Waals surface area contributed by atoms with E-state index in [2.05, 4.69) is 5.32 Å². The monoisotopic (exact) mass is 416 g/mol. The zero-order valence-corrected chi connectivity index (χ0v) is 16.4. The number of nitrogens with zero attached hydrogens (tertiary/aromatic N) is 1. The summed E-state index contributed by atoms with van der Waals surface area (Å²) in [5.74, 6) is -2.35. The van der Waals surface area contributed by atoms with Crippen molar-refractivity contribution in [2.24, 2.45) is 0 Å². The second kappa shape index (κ2) is 6.61. The zero-order valence-electron chi connectivity index (χ0n) is 15.5. The van der Waals surface area contributed by atoms with Crippen LogP contribution >= 0.6 is 0 Å². The fourth-order valence-corrected chi connectivity index (χ4v) is 5.96. The highest BCUT2D eigenvalue weighted by Gasteiger charge is 2.66. The average Bonchev–Trinajstić information content (AvgIpc) is 3.30. The third kappa shape index (κ3) is 2.59. The lowest BCUT2D eigenvalue weighted by molar-refractivity contribution is -0.188. The van der Waals surface area contributed by atoms with E-state index in [1.54, 1.807) is 54.6 Å². The number of para-hydroxylation sites is 1. The molecule has 3 aliphatic rings. The molecule has 9 heteroatoms. The van der Waals surface area contributed by atoms with Crippen LogP contribution in [0.25, 0.3) is 0 Å². The summed E-state index contributed by atoms with van der Waals surface area (Å²) in [5, 5.41) is 2.73. The molecule has 2 aromatic rings. The Morgan fingerprint density at radius 3 is 2.41 bits per heavy atom. The summed E-state index contributed by atoms with van der Waals surface area (Å²) in [6, 6.07) is 15.6. The van der Waals surface area contributed by atoms with Crippen LogP contribution in [0.4, 0.5) is 5.69 Å². The largest absolute Gasteiger partial charge is 0.379 e. The van der Waals surface area contributed by atoms with Crippen LogP contribution in [0.2, 0.25) is 0 Å². The standard InChI is InChI=1S/C20H20N2O6S/c23-18-20(16-8-4-5-9-17(16)21-18)27-14-19(28-20,15-6-2-1-3-7-15)29(24,25)22-10-12-26-13-11-22/h1-9H,10-14H2,(H,21,23)/t19-,20?/m0/s1. The van der Waals surface area contributed by atoms with Crippen LogP contribution in [0.5, 0.6) is 0 Å². The van der Waals surface area contributed by atoms with Gasteiger partial charge in [-0.25, -0.2) is 8.42 Å². The number of ether oxygens (including phenoxy) is 3. The second-order valence-electron chi connectivity index (χ2n) is 7.14. The van der Waals surface area contributed by atoms with E-state index < -0.39 is 26.7 Å². The van der Waals surface area contributed by atoms with E-state index in [0.29, 0.717) is 30.0 Å². The van der Waals surface area contributed by atoms with E-state index >= 15 is 0 Å². The first-order chi connectivity index (χ1) is 14.0. The molecule has 3 aliphatic heterocycles. The lowest BCUT2D eigenvalue weighted by Crippen LogP contribution is -2.52. The molecule has 0 aromatic heterocycles. The van der Waals surface area contributed by atoms with Gasteiger partial charge in [0.2, 0.25) is 4.93 Å². The molecule has 1 spiro atoms. The van der Waals surface area contributed by atoms with Crippen molar-refractivity contribution in [1.82, 2.24) is 4.31 Å². The maximum absolute atomic E-state index is 13.8. The third-order valence-corrected chi connectivity index (χ3v) is 7.86. The molecule has 29 heavy (non-hydrogen) atoms. The highest BCUT2D eigenvalue weighted by molar-refractivity contribution is 7.90. The quantitative estimate of drug-likeness (QED) is 0.812. The summed E-state index contributed by atoms with van der Waals surface area (Å²) in [6.45, 7) is 0.740. The molecule has 0 saturated carbocycles. The minimum Gasteiger partial charge on any atom is -0.379 e. The van der Waals surface area contributed by atoms with Crippen molar-refractivity contribution in [2.75, 3.05) is 38.2 Å². The van der Waals surface area contributed by atoms with Crippen LogP contribution in [0.3, 0.4) is 0 Å². The normalized spacial score (nSPS) is 29.7. The number of carbonyl (C=O) groups excluding carboxylic acids is 1. The molecule has 2 saturated heterocycles. The number of hydrogen-bond donors (Lipinski definition) is 1. The third-order valence-electron chi connectivity index (χ3n) is 5.54.